The Labute approximate surface area is 121 Å². The average molecular weight is 315 g/mol. The molecule has 0 radical (unpaired) electrons. The molecule has 1 heterocycles. The number of aromatic nitrogens is 4. The Bertz CT molecular complexity index is 702. The summed E-state index contributed by atoms with van der Waals surface area (Å²) in [7, 11) is 0. The van der Waals surface area contributed by atoms with E-state index in [2.05, 4.69) is 25.9 Å². The first-order valence-corrected chi connectivity index (χ1v) is 5.77. The number of anilines is 1. The lowest BCUT2D eigenvalue weighted by molar-refractivity contribution is -0.137. The van der Waals surface area contributed by atoms with E-state index in [9.17, 15) is 13.2 Å². The third-order valence-corrected chi connectivity index (χ3v) is 2.68. The summed E-state index contributed by atoms with van der Waals surface area (Å²) in [6.07, 6.45) is -3.28. The number of nitrogens with one attached hydrogen (secondary N) is 2. The van der Waals surface area contributed by atoms with Gasteiger partial charge in [0, 0.05) is 11.9 Å². The topological polar surface area (TPSA) is 90.3 Å². The highest BCUT2D eigenvalue weighted by atomic mass is 35.5. The zero-order valence-electron chi connectivity index (χ0n) is 10.1. The molecule has 0 saturated heterocycles. The van der Waals surface area contributed by atoms with E-state index in [-0.39, 0.29) is 17.1 Å². The van der Waals surface area contributed by atoms with Crippen LogP contribution in [0.2, 0.25) is 5.02 Å². The fourth-order valence-corrected chi connectivity index (χ4v) is 1.70. The maximum atomic E-state index is 12.5. The molecule has 6 nitrogen and oxygen atoms in total. The van der Waals surface area contributed by atoms with E-state index in [0.717, 1.165) is 12.1 Å². The van der Waals surface area contributed by atoms with Crippen LogP contribution >= 0.6 is 11.6 Å². The lowest BCUT2D eigenvalue weighted by Gasteiger charge is -2.10. The molecule has 0 fully saturated rings. The summed E-state index contributed by atoms with van der Waals surface area (Å²) >= 11 is 5.58. The van der Waals surface area contributed by atoms with Crippen molar-refractivity contribution in [3.05, 3.63) is 40.8 Å². The highest BCUT2D eigenvalue weighted by Gasteiger charge is 2.32. The van der Waals surface area contributed by atoms with Gasteiger partial charge in [-0.3, -0.25) is 0 Å². The Morgan fingerprint density at radius 3 is 2.71 bits per heavy atom. The van der Waals surface area contributed by atoms with Crippen molar-refractivity contribution in [3.63, 3.8) is 0 Å². The second-order valence-electron chi connectivity index (χ2n) is 3.74. The fraction of sp³-hybridized carbons (Fsp3) is 0.0909. The van der Waals surface area contributed by atoms with Gasteiger partial charge >= 0.3 is 6.18 Å². The van der Waals surface area contributed by atoms with Gasteiger partial charge in [0.25, 0.3) is 0 Å². The minimum absolute atomic E-state index is 0.0553. The molecular weight excluding hydrogens is 309 g/mol. The summed E-state index contributed by atoms with van der Waals surface area (Å²) in [6.45, 7) is 0. The van der Waals surface area contributed by atoms with Crippen molar-refractivity contribution in [2.45, 2.75) is 6.18 Å². The van der Waals surface area contributed by atoms with E-state index in [1.807, 2.05) is 6.07 Å². The molecule has 2 N–H and O–H groups in total. The van der Waals surface area contributed by atoms with Crippen molar-refractivity contribution in [3.8, 4) is 6.07 Å². The SMILES string of the molecule is N#CC(=CNc1ccc(C(F)(F)F)c(Cl)c1)c1nn[nH]n1. The van der Waals surface area contributed by atoms with E-state index in [4.69, 9.17) is 16.9 Å². The van der Waals surface area contributed by atoms with Gasteiger partial charge in [0.1, 0.15) is 11.6 Å². The number of alkyl halides is 3. The molecule has 1 aromatic carbocycles. The van der Waals surface area contributed by atoms with Gasteiger partial charge < -0.3 is 5.32 Å². The molecule has 2 aromatic rings. The van der Waals surface area contributed by atoms with E-state index < -0.39 is 16.8 Å². The van der Waals surface area contributed by atoms with Crippen LogP contribution in [0.25, 0.3) is 5.57 Å². The van der Waals surface area contributed by atoms with Gasteiger partial charge in [-0.25, -0.2) is 0 Å². The van der Waals surface area contributed by atoms with Gasteiger partial charge in [-0.2, -0.15) is 23.6 Å². The largest absolute Gasteiger partial charge is 0.417 e. The molecule has 0 unspecified atom stereocenters. The predicted molar refractivity (Wildman–Crippen MR) is 67.8 cm³/mol. The number of hydrogen-bond acceptors (Lipinski definition) is 5. The number of nitriles is 1. The average Bonchev–Trinajstić information content (AvgIpc) is 2.92. The maximum Gasteiger partial charge on any atom is 0.417 e. The number of tetrazole rings is 1. The Hall–Kier alpha value is -2.60. The summed E-state index contributed by atoms with van der Waals surface area (Å²) in [4.78, 5) is 0. The molecule has 0 spiro atoms. The van der Waals surface area contributed by atoms with Gasteiger partial charge in [0.15, 0.2) is 0 Å². The highest BCUT2D eigenvalue weighted by molar-refractivity contribution is 6.31. The summed E-state index contributed by atoms with van der Waals surface area (Å²) < 4.78 is 37.6. The molecule has 0 aliphatic heterocycles. The Kier molecular flexibility index (Phi) is 4.09. The predicted octanol–water partition coefficient (Wildman–Crippen LogP) is 2.85. The molecule has 0 amide bonds. The van der Waals surface area contributed by atoms with E-state index >= 15 is 0 Å². The van der Waals surface area contributed by atoms with Gasteiger partial charge in [-0.1, -0.05) is 11.6 Å². The van der Waals surface area contributed by atoms with Crippen molar-refractivity contribution >= 4 is 22.9 Å². The molecule has 0 aliphatic carbocycles. The molecular formula is C11H6ClF3N6. The molecule has 0 saturated carbocycles. The highest BCUT2D eigenvalue weighted by Crippen LogP contribution is 2.35. The number of H-pyrrole nitrogens is 1. The number of benzene rings is 1. The summed E-state index contributed by atoms with van der Waals surface area (Å²) in [5.74, 6) is 0.0583. The molecule has 108 valence electrons. The molecule has 2 rings (SSSR count). The number of rotatable bonds is 3. The third-order valence-electron chi connectivity index (χ3n) is 2.36. The number of hydrogen-bond donors (Lipinski definition) is 2. The molecule has 10 heteroatoms. The van der Waals surface area contributed by atoms with Crippen LogP contribution in [-0.2, 0) is 6.18 Å². The molecule has 0 aliphatic rings. The van der Waals surface area contributed by atoms with Crippen molar-refractivity contribution in [2.75, 3.05) is 5.32 Å². The molecule has 21 heavy (non-hydrogen) atoms. The van der Waals surface area contributed by atoms with Crippen LogP contribution in [0.5, 0.6) is 0 Å². The molecule has 0 atom stereocenters. The quantitative estimate of drug-likeness (QED) is 0.850. The Morgan fingerprint density at radius 2 is 2.19 bits per heavy atom. The molecule has 1 aromatic heterocycles. The number of halogens is 4. The van der Waals surface area contributed by atoms with E-state index in [1.165, 1.54) is 12.3 Å². The maximum absolute atomic E-state index is 12.5. The van der Waals surface area contributed by atoms with Crippen LogP contribution in [0.4, 0.5) is 18.9 Å². The first-order chi connectivity index (χ1) is 9.91. The van der Waals surface area contributed by atoms with Crippen molar-refractivity contribution in [1.82, 2.24) is 20.6 Å². The van der Waals surface area contributed by atoms with Crippen LogP contribution in [0.3, 0.4) is 0 Å². The lowest BCUT2D eigenvalue weighted by atomic mass is 10.2. The summed E-state index contributed by atoms with van der Waals surface area (Å²) in [5, 5.41) is 23.8. The van der Waals surface area contributed by atoms with Gasteiger partial charge in [0.2, 0.25) is 5.82 Å². The van der Waals surface area contributed by atoms with Crippen molar-refractivity contribution in [2.24, 2.45) is 0 Å². The first-order valence-electron chi connectivity index (χ1n) is 5.39. The standard InChI is InChI=1S/C11H6ClF3N6/c12-9-3-7(1-2-8(9)11(13,14)15)17-5-6(4-16)10-18-20-21-19-10/h1-3,5,17H,(H,18,19,20,21). The van der Waals surface area contributed by atoms with Crippen molar-refractivity contribution < 1.29 is 13.2 Å². The number of allylic oxidation sites excluding steroid dienone is 1. The zero-order chi connectivity index (χ0) is 15.5. The first kappa shape index (κ1) is 14.8. The second-order valence-corrected chi connectivity index (χ2v) is 4.15. The Morgan fingerprint density at radius 1 is 1.43 bits per heavy atom. The normalized spacial score (nSPS) is 12.0. The fourth-order valence-electron chi connectivity index (χ4n) is 1.41. The van der Waals surface area contributed by atoms with Crippen LogP contribution in [0, 0.1) is 11.3 Å². The molecule has 0 bridgehead atoms. The minimum atomic E-state index is -4.52. The minimum Gasteiger partial charge on any atom is -0.360 e. The number of nitrogens with zero attached hydrogens (tertiary/aromatic N) is 4. The van der Waals surface area contributed by atoms with Crippen LogP contribution in [0.15, 0.2) is 24.4 Å². The smallest absolute Gasteiger partial charge is 0.360 e. The van der Waals surface area contributed by atoms with Crippen LogP contribution in [-0.4, -0.2) is 20.6 Å². The van der Waals surface area contributed by atoms with E-state index in [1.54, 1.807) is 0 Å². The van der Waals surface area contributed by atoms with Gasteiger partial charge in [-0.15, -0.1) is 10.2 Å². The lowest BCUT2D eigenvalue weighted by Crippen LogP contribution is -2.06. The third kappa shape index (κ3) is 3.49. The van der Waals surface area contributed by atoms with Gasteiger partial charge in [-0.05, 0) is 23.4 Å². The van der Waals surface area contributed by atoms with Crippen molar-refractivity contribution in [1.29, 1.82) is 5.26 Å². The zero-order valence-corrected chi connectivity index (χ0v) is 10.9. The number of aromatic amines is 1. The van der Waals surface area contributed by atoms with Crippen LogP contribution in [0.1, 0.15) is 11.4 Å². The second kappa shape index (κ2) is 5.80. The van der Waals surface area contributed by atoms with E-state index in [0.29, 0.717) is 0 Å². The van der Waals surface area contributed by atoms with Gasteiger partial charge in [0.05, 0.1) is 10.6 Å². The summed E-state index contributed by atoms with van der Waals surface area (Å²) in [6, 6.07) is 4.97. The monoisotopic (exact) mass is 314 g/mol. The van der Waals surface area contributed by atoms with Crippen LogP contribution < -0.4 is 5.32 Å². The Balaban J connectivity index is 2.21. The summed E-state index contributed by atoms with van der Waals surface area (Å²) in [5.41, 5.74) is -0.596.